The topological polar surface area (TPSA) is 237 Å². The number of hydrogen-bond donors (Lipinski definition) is 3. The van der Waals surface area contributed by atoms with Crippen LogP contribution >= 0.6 is 15.6 Å². The largest absolute Gasteiger partial charge is 0.472 e. The van der Waals surface area contributed by atoms with Gasteiger partial charge in [0.2, 0.25) is 0 Å². The van der Waals surface area contributed by atoms with Crippen molar-refractivity contribution in [2.24, 2.45) is 11.8 Å². The van der Waals surface area contributed by atoms with Crippen LogP contribution in [0.2, 0.25) is 0 Å². The second-order valence-electron chi connectivity index (χ2n) is 26.2. The standard InChI is InChI=1S/C70H136O17P2/c1-7-9-11-13-15-17-18-19-20-21-22-23-24-27-31-35-42-48-54-69(74)86-65(58-81-68(73)53-47-41-34-30-28-25-26-29-32-38-44-50-62(3)4)60-84-88(76,77)82-56-64(71)57-83-89(78,79)85-61-66(59-80-67(72)52-46-40-33-16-14-12-10-8-2)87-70(75)55-49-43-37-36-39-45-51-63(5)6/h62-66,71H,7-61H2,1-6H3,(H,76,77)(H,78,79)/t64-,65-,66-/m1/s1. The van der Waals surface area contributed by atoms with Crippen LogP contribution in [0.4, 0.5) is 0 Å². The lowest BCUT2D eigenvalue weighted by Gasteiger charge is -2.21. The summed E-state index contributed by atoms with van der Waals surface area (Å²) in [6, 6.07) is 0. The van der Waals surface area contributed by atoms with E-state index in [4.69, 9.17) is 37.0 Å². The molecule has 19 heteroatoms. The molecule has 0 aromatic heterocycles. The number of carbonyl (C=O) groups excluding carboxylic acids is 4. The Labute approximate surface area is 543 Å². The van der Waals surface area contributed by atoms with Crippen molar-refractivity contribution >= 4 is 39.5 Å². The smallest absolute Gasteiger partial charge is 0.462 e. The zero-order valence-electron chi connectivity index (χ0n) is 57.7. The van der Waals surface area contributed by atoms with Crippen molar-refractivity contribution in [1.29, 1.82) is 0 Å². The molecule has 2 unspecified atom stereocenters. The summed E-state index contributed by atoms with van der Waals surface area (Å²) in [5.74, 6) is -0.690. The second kappa shape index (κ2) is 62.2. The summed E-state index contributed by atoms with van der Waals surface area (Å²) in [5.41, 5.74) is 0. The minimum atomic E-state index is -4.95. The summed E-state index contributed by atoms with van der Waals surface area (Å²) in [5, 5.41) is 10.6. The van der Waals surface area contributed by atoms with Gasteiger partial charge >= 0.3 is 39.5 Å². The fourth-order valence-electron chi connectivity index (χ4n) is 10.6. The molecule has 0 rings (SSSR count). The molecule has 0 saturated carbocycles. The lowest BCUT2D eigenvalue weighted by Crippen LogP contribution is -2.30. The number of aliphatic hydroxyl groups excluding tert-OH is 1. The second-order valence-corrected chi connectivity index (χ2v) is 29.1. The summed E-state index contributed by atoms with van der Waals surface area (Å²) in [6.07, 6.45) is 47.5. The molecule has 0 aromatic carbocycles. The fraction of sp³-hybridized carbons (Fsp3) is 0.943. The highest BCUT2D eigenvalue weighted by Gasteiger charge is 2.30. The summed E-state index contributed by atoms with van der Waals surface area (Å²) >= 11 is 0. The number of ether oxygens (including phenoxy) is 4. The van der Waals surface area contributed by atoms with Gasteiger partial charge < -0.3 is 33.8 Å². The fourth-order valence-corrected chi connectivity index (χ4v) is 12.2. The Hall–Kier alpha value is -1.94. The number of carbonyl (C=O) groups is 4. The molecule has 0 radical (unpaired) electrons. The lowest BCUT2D eigenvalue weighted by atomic mass is 10.0. The van der Waals surface area contributed by atoms with E-state index in [1.165, 1.54) is 167 Å². The summed E-state index contributed by atoms with van der Waals surface area (Å²) in [7, 11) is -9.89. The molecular weight excluding hydrogens is 1170 g/mol. The Morgan fingerprint density at radius 2 is 0.517 bits per heavy atom. The first-order valence-electron chi connectivity index (χ1n) is 36.5. The number of phosphoric acid groups is 2. The molecule has 0 saturated heterocycles. The highest BCUT2D eigenvalue weighted by Crippen LogP contribution is 2.45. The number of unbranched alkanes of at least 4 members (excludes halogenated alkanes) is 39. The Bertz CT molecular complexity index is 1730. The zero-order chi connectivity index (χ0) is 65.7. The van der Waals surface area contributed by atoms with Gasteiger partial charge in [0.05, 0.1) is 26.4 Å². The van der Waals surface area contributed by atoms with E-state index in [0.29, 0.717) is 31.6 Å². The molecule has 0 bridgehead atoms. The van der Waals surface area contributed by atoms with Crippen molar-refractivity contribution in [3.63, 3.8) is 0 Å². The third-order valence-corrected chi connectivity index (χ3v) is 18.1. The first-order chi connectivity index (χ1) is 42.9. The van der Waals surface area contributed by atoms with Crippen LogP contribution < -0.4 is 0 Å². The highest BCUT2D eigenvalue weighted by atomic mass is 31.2. The van der Waals surface area contributed by atoms with E-state index in [2.05, 4.69) is 41.5 Å². The maximum absolute atomic E-state index is 13.0. The van der Waals surface area contributed by atoms with Crippen molar-refractivity contribution in [3.8, 4) is 0 Å². The third-order valence-electron chi connectivity index (χ3n) is 16.2. The van der Waals surface area contributed by atoms with Crippen molar-refractivity contribution in [2.45, 2.75) is 374 Å². The minimum absolute atomic E-state index is 0.102. The number of rotatable bonds is 69. The molecule has 17 nitrogen and oxygen atoms in total. The maximum atomic E-state index is 13.0. The van der Waals surface area contributed by atoms with Gasteiger partial charge in [-0.15, -0.1) is 0 Å². The van der Waals surface area contributed by atoms with Gasteiger partial charge in [-0.05, 0) is 37.5 Å². The van der Waals surface area contributed by atoms with Gasteiger partial charge in [-0.1, -0.05) is 305 Å². The first-order valence-corrected chi connectivity index (χ1v) is 39.5. The predicted molar refractivity (Wildman–Crippen MR) is 358 cm³/mol. The van der Waals surface area contributed by atoms with Gasteiger partial charge in [0, 0.05) is 25.7 Å². The summed E-state index contributed by atoms with van der Waals surface area (Å²) in [6.45, 7) is 9.43. The van der Waals surface area contributed by atoms with Gasteiger partial charge in [0.1, 0.15) is 19.3 Å². The Morgan fingerprint density at radius 3 is 0.764 bits per heavy atom. The molecule has 0 amide bonds. The molecule has 0 aliphatic rings. The van der Waals surface area contributed by atoms with E-state index in [0.717, 1.165) is 102 Å². The molecule has 0 fully saturated rings. The number of hydrogen-bond acceptors (Lipinski definition) is 15. The van der Waals surface area contributed by atoms with Gasteiger partial charge in [0.25, 0.3) is 0 Å². The molecule has 0 aliphatic carbocycles. The average molecular weight is 1310 g/mol. The SMILES string of the molecule is CCCCCCCCCCCCCCCCCCCCC(=O)O[C@H](COC(=O)CCCCCCCCCCCCCC(C)C)COP(=O)(O)OC[C@@H](O)COP(=O)(O)OC[C@@H](COC(=O)CCCCCCCCCC)OC(=O)CCCCCCCCC(C)C. The van der Waals surface area contributed by atoms with E-state index in [9.17, 15) is 43.2 Å². The van der Waals surface area contributed by atoms with E-state index < -0.39 is 97.5 Å². The molecule has 89 heavy (non-hydrogen) atoms. The Morgan fingerprint density at radius 1 is 0.303 bits per heavy atom. The van der Waals surface area contributed by atoms with Crippen LogP contribution in [0, 0.1) is 11.8 Å². The van der Waals surface area contributed by atoms with Crippen molar-refractivity contribution in [1.82, 2.24) is 0 Å². The summed E-state index contributed by atoms with van der Waals surface area (Å²) in [4.78, 5) is 72.4. The van der Waals surface area contributed by atoms with Gasteiger partial charge in [-0.2, -0.15) is 0 Å². The minimum Gasteiger partial charge on any atom is -0.462 e. The van der Waals surface area contributed by atoms with Crippen LogP contribution in [-0.2, 0) is 65.4 Å². The molecule has 528 valence electrons. The van der Waals surface area contributed by atoms with E-state index in [1.54, 1.807) is 0 Å². The first kappa shape index (κ1) is 87.1. The van der Waals surface area contributed by atoms with Gasteiger partial charge in [-0.3, -0.25) is 37.3 Å². The molecule has 0 heterocycles. The molecule has 3 N–H and O–H groups in total. The van der Waals surface area contributed by atoms with Gasteiger partial charge in [0.15, 0.2) is 12.2 Å². The van der Waals surface area contributed by atoms with Crippen molar-refractivity contribution < 1.29 is 80.2 Å². The molecular formula is C70H136O17P2. The van der Waals surface area contributed by atoms with Crippen LogP contribution in [-0.4, -0.2) is 96.7 Å². The lowest BCUT2D eigenvalue weighted by molar-refractivity contribution is -0.161. The Balaban J connectivity index is 5.19. The van der Waals surface area contributed by atoms with Crippen LogP contribution in [0.1, 0.15) is 356 Å². The Kier molecular flexibility index (Phi) is 60.8. The molecule has 5 atom stereocenters. The zero-order valence-corrected chi connectivity index (χ0v) is 59.5. The van der Waals surface area contributed by atoms with E-state index in [-0.39, 0.29) is 25.7 Å². The van der Waals surface area contributed by atoms with Crippen molar-refractivity contribution in [3.05, 3.63) is 0 Å². The number of aliphatic hydroxyl groups is 1. The third kappa shape index (κ3) is 64.6. The van der Waals surface area contributed by atoms with Crippen LogP contribution in [0.25, 0.3) is 0 Å². The van der Waals surface area contributed by atoms with E-state index >= 15 is 0 Å². The predicted octanol–water partition coefficient (Wildman–Crippen LogP) is 20.0. The molecule has 0 aliphatic heterocycles. The van der Waals surface area contributed by atoms with Crippen LogP contribution in [0.3, 0.4) is 0 Å². The highest BCUT2D eigenvalue weighted by molar-refractivity contribution is 7.47. The van der Waals surface area contributed by atoms with Gasteiger partial charge in [-0.25, -0.2) is 9.13 Å². The molecule has 0 aromatic rings. The van der Waals surface area contributed by atoms with Crippen LogP contribution in [0.15, 0.2) is 0 Å². The normalized spacial score (nSPS) is 14.1. The maximum Gasteiger partial charge on any atom is 0.472 e. The molecule has 0 spiro atoms. The summed E-state index contributed by atoms with van der Waals surface area (Å²) < 4.78 is 68.2. The monoisotopic (exact) mass is 1310 g/mol. The number of phosphoric ester groups is 2. The van der Waals surface area contributed by atoms with Crippen LogP contribution in [0.5, 0.6) is 0 Å². The van der Waals surface area contributed by atoms with Crippen molar-refractivity contribution in [2.75, 3.05) is 39.6 Å². The number of esters is 4. The van der Waals surface area contributed by atoms with E-state index in [1.807, 2.05) is 0 Å². The average Bonchev–Trinajstić information content (AvgIpc) is 3.71. The quantitative estimate of drug-likeness (QED) is 0.0222.